The van der Waals surface area contributed by atoms with Crippen molar-refractivity contribution in [2.75, 3.05) is 0 Å². The van der Waals surface area contributed by atoms with Crippen molar-refractivity contribution < 1.29 is 21.6 Å². The van der Waals surface area contributed by atoms with Gasteiger partial charge in [-0.3, -0.25) is 0 Å². The third kappa shape index (κ3) is 2.47. The van der Waals surface area contributed by atoms with Crippen LogP contribution >= 0.6 is 0 Å². The van der Waals surface area contributed by atoms with Gasteiger partial charge in [-0.05, 0) is 0 Å². The van der Waals surface area contributed by atoms with E-state index >= 15 is 0 Å². The highest BCUT2D eigenvalue weighted by molar-refractivity contribution is 7.92. The van der Waals surface area contributed by atoms with Gasteiger partial charge < -0.3 is 0 Å². The standard InChI is InChI=1S/C2H2F3NO2S/c3-1(4)2(5)9(6,7)8/h(H2,6,7,8). The van der Waals surface area contributed by atoms with E-state index in [-0.39, 0.29) is 0 Å². The third-order valence-electron chi connectivity index (χ3n) is 0.398. The second-order valence-electron chi connectivity index (χ2n) is 1.08. The molecule has 0 saturated carbocycles. The Morgan fingerprint density at radius 1 is 1.22 bits per heavy atom. The van der Waals surface area contributed by atoms with Crippen LogP contribution in [0.15, 0.2) is 11.2 Å². The molecule has 0 radical (unpaired) electrons. The molecule has 0 aliphatic carbocycles. The van der Waals surface area contributed by atoms with Crippen molar-refractivity contribution in [2.24, 2.45) is 5.14 Å². The van der Waals surface area contributed by atoms with Gasteiger partial charge in [0, 0.05) is 0 Å². The van der Waals surface area contributed by atoms with Gasteiger partial charge in [0.05, 0.1) is 0 Å². The lowest BCUT2D eigenvalue weighted by molar-refractivity contribution is 0.391. The Labute approximate surface area is 49.0 Å². The maximum atomic E-state index is 11.4. The lowest BCUT2D eigenvalue weighted by atomic mass is 11.1. The highest BCUT2D eigenvalue weighted by Gasteiger charge is 2.17. The first-order chi connectivity index (χ1) is 3.85. The molecule has 0 unspecified atom stereocenters. The van der Waals surface area contributed by atoms with Crippen molar-refractivity contribution in [1.82, 2.24) is 0 Å². The maximum Gasteiger partial charge on any atom is 0.318 e. The Balaban J connectivity index is 4.86. The fourth-order valence-electron chi connectivity index (χ4n) is 0.108. The summed E-state index contributed by atoms with van der Waals surface area (Å²) in [4.78, 5) is 0. The van der Waals surface area contributed by atoms with E-state index < -0.39 is 21.3 Å². The van der Waals surface area contributed by atoms with Crippen molar-refractivity contribution in [3.63, 3.8) is 0 Å². The van der Waals surface area contributed by atoms with Crippen molar-refractivity contribution in [3.05, 3.63) is 11.2 Å². The van der Waals surface area contributed by atoms with Gasteiger partial charge in [-0.15, -0.1) is 0 Å². The molecule has 0 aromatic carbocycles. The zero-order chi connectivity index (χ0) is 7.65. The SMILES string of the molecule is NS(=O)(=O)C(F)=C(F)F. The maximum absolute atomic E-state index is 11.4. The van der Waals surface area contributed by atoms with Crippen LogP contribution in [0.2, 0.25) is 0 Å². The molecule has 2 N–H and O–H groups in total. The Morgan fingerprint density at radius 2 is 1.56 bits per heavy atom. The number of nitrogens with two attached hydrogens (primary N) is 1. The predicted molar refractivity (Wildman–Crippen MR) is 23.5 cm³/mol. The van der Waals surface area contributed by atoms with Crippen LogP contribution in [-0.2, 0) is 10.0 Å². The van der Waals surface area contributed by atoms with Gasteiger partial charge in [0.15, 0.2) is 0 Å². The predicted octanol–water partition coefficient (Wildman–Crippen LogP) is 0.310. The summed E-state index contributed by atoms with van der Waals surface area (Å²) in [5, 5.41) is 1.36. The molecule has 0 aromatic rings. The molecular formula is C2H2F3NO2S. The highest BCUT2D eigenvalue weighted by Crippen LogP contribution is 2.12. The number of hydrogen-bond donors (Lipinski definition) is 1. The summed E-state index contributed by atoms with van der Waals surface area (Å²) >= 11 is 0. The smallest absolute Gasteiger partial charge is 0.222 e. The Morgan fingerprint density at radius 3 is 1.56 bits per heavy atom. The first-order valence-electron chi connectivity index (χ1n) is 1.59. The number of primary sulfonamides is 1. The molecule has 0 aliphatic heterocycles. The van der Waals surface area contributed by atoms with Gasteiger partial charge in [-0.2, -0.15) is 13.2 Å². The first kappa shape index (κ1) is 8.44. The van der Waals surface area contributed by atoms with Crippen LogP contribution in [0, 0.1) is 0 Å². The molecule has 0 fully saturated rings. The molecule has 7 heteroatoms. The van der Waals surface area contributed by atoms with Crippen LogP contribution in [0.25, 0.3) is 0 Å². The van der Waals surface area contributed by atoms with Crippen molar-refractivity contribution in [3.8, 4) is 0 Å². The van der Waals surface area contributed by atoms with Crippen molar-refractivity contribution in [1.29, 1.82) is 0 Å². The molecule has 9 heavy (non-hydrogen) atoms. The van der Waals surface area contributed by atoms with Crippen LogP contribution in [-0.4, -0.2) is 8.42 Å². The molecule has 0 amide bonds. The average Bonchev–Trinajstić information content (AvgIpc) is 1.62. The largest absolute Gasteiger partial charge is 0.318 e. The molecular weight excluding hydrogens is 159 g/mol. The van der Waals surface area contributed by atoms with Gasteiger partial charge in [-0.25, -0.2) is 13.6 Å². The summed E-state index contributed by atoms with van der Waals surface area (Å²) in [6.45, 7) is 0. The fourth-order valence-corrected chi connectivity index (χ4v) is 0.323. The number of halogens is 3. The minimum absolute atomic E-state index is 2.58. The number of hydrogen-bond acceptors (Lipinski definition) is 2. The molecule has 0 atom stereocenters. The minimum atomic E-state index is -4.84. The minimum Gasteiger partial charge on any atom is -0.222 e. The lowest BCUT2D eigenvalue weighted by Crippen LogP contribution is -2.12. The zero-order valence-corrected chi connectivity index (χ0v) is 4.75. The second kappa shape index (κ2) is 2.36. The Hall–Kier alpha value is -0.560. The molecule has 0 rings (SSSR count). The fraction of sp³-hybridized carbons (Fsp3) is 0. The van der Waals surface area contributed by atoms with E-state index in [0.29, 0.717) is 0 Å². The summed E-state index contributed by atoms with van der Waals surface area (Å²) in [5.74, 6) is 0. The quantitative estimate of drug-likeness (QED) is 0.601. The van der Waals surface area contributed by atoms with Crippen LogP contribution in [0.4, 0.5) is 13.2 Å². The summed E-state index contributed by atoms with van der Waals surface area (Å²) in [5.41, 5.74) is 0. The van der Waals surface area contributed by atoms with E-state index in [4.69, 9.17) is 0 Å². The summed E-state index contributed by atoms with van der Waals surface area (Å²) in [7, 11) is -4.84. The topological polar surface area (TPSA) is 60.2 Å². The summed E-state index contributed by atoms with van der Waals surface area (Å²) < 4.78 is 52.7. The van der Waals surface area contributed by atoms with Gasteiger partial charge in [0.1, 0.15) is 0 Å². The van der Waals surface area contributed by atoms with Crippen LogP contribution in [0.1, 0.15) is 0 Å². The normalized spacial score (nSPS) is 11.1. The van der Waals surface area contributed by atoms with Crippen LogP contribution in [0.5, 0.6) is 0 Å². The molecule has 0 aliphatic rings. The number of rotatable bonds is 1. The van der Waals surface area contributed by atoms with Gasteiger partial charge in [-0.1, -0.05) is 0 Å². The van der Waals surface area contributed by atoms with Gasteiger partial charge >= 0.3 is 6.08 Å². The van der Waals surface area contributed by atoms with E-state index in [2.05, 4.69) is 5.14 Å². The molecule has 0 bridgehead atoms. The van der Waals surface area contributed by atoms with Gasteiger partial charge in [0.25, 0.3) is 15.2 Å². The lowest BCUT2D eigenvalue weighted by Gasteiger charge is -1.87. The van der Waals surface area contributed by atoms with E-state index in [1.54, 1.807) is 0 Å². The molecule has 54 valence electrons. The zero-order valence-electron chi connectivity index (χ0n) is 3.94. The van der Waals surface area contributed by atoms with E-state index in [0.717, 1.165) is 0 Å². The second-order valence-corrected chi connectivity index (χ2v) is 2.53. The highest BCUT2D eigenvalue weighted by atomic mass is 32.2. The van der Waals surface area contributed by atoms with Gasteiger partial charge in [0.2, 0.25) is 0 Å². The monoisotopic (exact) mass is 161 g/mol. The van der Waals surface area contributed by atoms with E-state index in [9.17, 15) is 21.6 Å². The average molecular weight is 161 g/mol. The number of sulfonamides is 1. The molecule has 0 heterocycles. The third-order valence-corrected chi connectivity index (χ3v) is 1.05. The van der Waals surface area contributed by atoms with Crippen molar-refractivity contribution in [2.45, 2.75) is 0 Å². The summed E-state index contributed by atoms with van der Waals surface area (Å²) in [6.07, 6.45) is -2.93. The first-order valence-corrected chi connectivity index (χ1v) is 3.14. The van der Waals surface area contributed by atoms with E-state index in [1.807, 2.05) is 0 Å². The molecule has 0 spiro atoms. The molecule has 3 nitrogen and oxygen atoms in total. The molecule has 0 saturated heterocycles. The van der Waals surface area contributed by atoms with E-state index in [1.165, 1.54) is 0 Å². The molecule has 0 aromatic heterocycles. The Kier molecular flexibility index (Phi) is 2.21. The Bertz CT molecular complexity index is 226. The van der Waals surface area contributed by atoms with Crippen LogP contribution < -0.4 is 5.14 Å². The van der Waals surface area contributed by atoms with Crippen molar-refractivity contribution >= 4 is 10.0 Å². The van der Waals surface area contributed by atoms with Crippen LogP contribution in [0.3, 0.4) is 0 Å². The summed E-state index contributed by atoms with van der Waals surface area (Å²) in [6, 6.07) is 0.